The van der Waals surface area contributed by atoms with Crippen LogP contribution in [0.15, 0.2) is 31.0 Å². The summed E-state index contributed by atoms with van der Waals surface area (Å²) in [6, 6.07) is 2.29. The molecule has 0 radical (unpaired) electrons. The standard InChI is InChI=1S/C16H23N7/c1-5-12(9-22-7-6-17-11-22)23-10-14(19-21-23)13-8-15(20-18-13)16(2,3)4/h6-8,10-12H,5,9H2,1-4H3,(H,18,20)/t12-/m0/s1. The fourth-order valence-electron chi connectivity index (χ4n) is 2.45. The predicted octanol–water partition coefficient (Wildman–Crippen LogP) is 2.81. The Balaban J connectivity index is 1.80. The molecule has 3 aromatic rings. The number of hydrogen-bond acceptors (Lipinski definition) is 4. The fraction of sp³-hybridized carbons (Fsp3) is 0.500. The van der Waals surface area contributed by atoms with Crippen LogP contribution in [0.1, 0.15) is 45.9 Å². The Morgan fingerprint density at radius 1 is 1.26 bits per heavy atom. The van der Waals surface area contributed by atoms with Crippen molar-refractivity contribution in [2.75, 3.05) is 0 Å². The Morgan fingerprint density at radius 2 is 2.09 bits per heavy atom. The highest BCUT2D eigenvalue weighted by Crippen LogP contribution is 2.24. The molecule has 3 heterocycles. The number of nitrogens with zero attached hydrogens (tertiary/aromatic N) is 6. The molecule has 0 saturated carbocycles. The second kappa shape index (κ2) is 5.98. The van der Waals surface area contributed by atoms with Gasteiger partial charge in [-0.3, -0.25) is 5.10 Å². The number of rotatable bonds is 5. The van der Waals surface area contributed by atoms with Gasteiger partial charge in [-0.2, -0.15) is 5.10 Å². The van der Waals surface area contributed by atoms with Gasteiger partial charge in [0.2, 0.25) is 0 Å². The maximum Gasteiger partial charge on any atom is 0.133 e. The van der Waals surface area contributed by atoms with Crippen molar-refractivity contribution < 1.29 is 0 Å². The highest BCUT2D eigenvalue weighted by Gasteiger charge is 2.19. The first-order valence-electron chi connectivity index (χ1n) is 7.91. The number of H-pyrrole nitrogens is 1. The lowest BCUT2D eigenvalue weighted by Crippen LogP contribution is -2.15. The first-order chi connectivity index (χ1) is 11.0. The number of nitrogens with one attached hydrogen (secondary N) is 1. The van der Waals surface area contributed by atoms with Crippen molar-refractivity contribution in [2.24, 2.45) is 0 Å². The lowest BCUT2D eigenvalue weighted by Gasteiger charge is -2.15. The summed E-state index contributed by atoms with van der Waals surface area (Å²) in [5, 5.41) is 16.0. The molecule has 0 aliphatic carbocycles. The number of aromatic nitrogens is 7. The van der Waals surface area contributed by atoms with Gasteiger partial charge in [0.15, 0.2) is 0 Å². The third-order valence-electron chi connectivity index (χ3n) is 3.98. The Bertz CT molecular complexity index is 746. The van der Waals surface area contributed by atoms with Crippen molar-refractivity contribution >= 4 is 0 Å². The van der Waals surface area contributed by atoms with E-state index in [2.05, 4.69) is 57.8 Å². The average Bonchev–Trinajstić information content (AvgIpc) is 3.22. The van der Waals surface area contributed by atoms with E-state index in [4.69, 9.17) is 0 Å². The SMILES string of the molecule is CC[C@@H](Cn1ccnc1)n1cc(-c2cc(C(C)(C)C)[nH]n2)nn1. The molecule has 1 atom stereocenters. The maximum absolute atomic E-state index is 4.37. The first kappa shape index (κ1) is 15.5. The highest BCUT2D eigenvalue weighted by molar-refractivity contribution is 5.53. The zero-order valence-electron chi connectivity index (χ0n) is 14.1. The van der Waals surface area contributed by atoms with Crippen molar-refractivity contribution in [1.29, 1.82) is 0 Å². The Kier molecular flexibility index (Phi) is 4.02. The Morgan fingerprint density at radius 3 is 2.70 bits per heavy atom. The van der Waals surface area contributed by atoms with E-state index in [1.165, 1.54) is 0 Å². The van der Waals surface area contributed by atoms with E-state index >= 15 is 0 Å². The molecule has 0 amide bonds. The van der Waals surface area contributed by atoms with Gasteiger partial charge in [-0.1, -0.05) is 32.9 Å². The molecular weight excluding hydrogens is 290 g/mol. The van der Waals surface area contributed by atoms with Gasteiger partial charge in [-0.15, -0.1) is 5.10 Å². The largest absolute Gasteiger partial charge is 0.335 e. The summed E-state index contributed by atoms with van der Waals surface area (Å²) in [5.74, 6) is 0. The molecule has 0 spiro atoms. The van der Waals surface area contributed by atoms with E-state index in [-0.39, 0.29) is 11.5 Å². The Hall–Kier alpha value is -2.44. The molecule has 23 heavy (non-hydrogen) atoms. The summed E-state index contributed by atoms with van der Waals surface area (Å²) in [4.78, 5) is 4.09. The molecule has 0 fully saturated rings. The second-order valence-corrected chi connectivity index (χ2v) is 6.82. The molecule has 0 aromatic carbocycles. The van der Waals surface area contributed by atoms with Crippen molar-refractivity contribution in [2.45, 2.75) is 52.1 Å². The van der Waals surface area contributed by atoms with Crippen LogP contribution in [0.4, 0.5) is 0 Å². The van der Waals surface area contributed by atoms with Gasteiger partial charge in [0.1, 0.15) is 11.4 Å². The molecule has 0 bridgehead atoms. The summed E-state index contributed by atoms with van der Waals surface area (Å²) in [5.41, 5.74) is 2.75. The summed E-state index contributed by atoms with van der Waals surface area (Å²) < 4.78 is 3.97. The van der Waals surface area contributed by atoms with Gasteiger partial charge in [0, 0.05) is 30.0 Å². The maximum atomic E-state index is 4.37. The van der Waals surface area contributed by atoms with E-state index in [9.17, 15) is 0 Å². The van der Waals surface area contributed by atoms with E-state index in [0.717, 1.165) is 30.0 Å². The van der Waals surface area contributed by atoms with Crippen molar-refractivity contribution in [3.05, 3.63) is 36.7 Å². The van der Waals surface area contributed by atoms with Crippen LogP contribution in [0.5, 0.6) is 0 Å². The molecule has 3 rings (SSSR count). The minimum Gasteiger partial charge on any atom is -0.335 e. The summed E-state index contributed by atoms with van der Waals surface area (Å²) in [6.07, 6.45) is 8.51. The molecule has 0 saturated heterocycles. The third kappa shape index (κ3) is 3.33. The topological polar surface area (TPSA) is 77.2 Å². The van der Waals surface area contributed by atoms with Gasteiger partial charge >= 0.3 is 0 Å². The van der Waals surface area contributed by atoms with Crippen molar-refractivity contribution in [3.8, 4) is 11.4 Å². The summed E-state index contributed by atoms with van der Waals surface area (Å²) >= 11 is 0. The molecule has 7 heteroatoms. The first-order valence-corrected chi connectivity index (χ1v) is 7.91. The van der Waals surface area contributed by atoms with Crippen molar-refractivity contribution in [3.63, 3.8) is 0 Å². The lowest BCUT2D eigenvalue weighted by atomic mass is 9.92. The second-order valence-electron chi connectivity index (χ2n) is 6.82. The molecule has 0 unspecified atom stereocenters. The zero-order chi connectivity index (χ0) is 16.4. The monoisotopic (exact) mass is 313 g/mol. The fourth-order valence-corrected chi connectivity index (χ4v) is 2.45. The zero-order valence-corrected chi connectivity index (χ0v) is 14.1. The molecule has 7 nitrogen and oxygen atoms in total. The molecule has 0 aliphatic rings. The minimum atomic E-state index is 0.0363. The van der Waals surface area contributed by atoms with Gasteiger partial charge in [-0.25, -0.2) is 9.67 Å². The number of aromatic amines is 1. The molecule has 0 aliphatic heterocycles. The number of hydrogen-bond donors (Lipinski definition) is 1. The van der Waals surface area contributed by atoms with Crippen LogP contribution >= 0.6 is 0 Å². The van der Waals surface area contributed by atoms with Crippen LogP contribution in [-0.2, 0) is 12.0 Å². The molecular formula is C16H23N7. The normalized spacial score (nSPS) is 13.4. The van der Waals surface area contributed by atoms with E-state index < -0.39 is 0 Å². The van der Waals surface area contributed by atoms with Crippen LogP contribution in [0, 0.1) is 0 Å². The molecule has 122 valence electrons. The lowest BCUT2D eigenvalue weighted by molar-refractivity contribution is 0.376. The van der Waals surface area contributed by atoms with Crippen LogP contribution in [0.2, 0.25) is 0 Å². The van der Waals surface area contributed by atoms with E-state index in [1.54, 1.807) is 6.20 Å². The predicted molar refractivity (Wildman–Crippen MR) is 87.9 cm³/mol. The van der Waals surface area contributed by atoms with Crippen molar-refractivity contribution in [1.82, 2.24) is 34.7 Å². The van der Waals surface area contributed by atoms with Crippen LogP contribution in [0.25, 0.3) is 11.4 Å². The van der Waals surface area contributed by atoms with Gasteiger partial charge in [0.25, 0.3) is 0 Å². The van der Waals surface area contributed by atoms with Crippen LogP contribution in [-0.4, -0.2) is 34.7 Å². The molecule has 3 aromatic heterocycles. The minimum absolute atomic E-state index is 0.0363. The van der Waals surface area contributed by atoms with Crippen LogP contribution < -0.4 is 0 Å². The highest BCUT2D eigenvalue weighted by atomic mass is 15.4. The van der Waals surface area contributed by atoms with E-state index in [0.29, 0.717) is 0 Å². The Labute approximate surface area is 135 Å². The van der Waals surface area contributed by atoms with Gasteiger partial charge < -0.3 is 4.57 Å². The van der Waals surface area contributed by atoms with Gasteiger partial charge in [0.05, 0.1) is 18.6 Å². The summed E-state index contributed by atoms with van der Waals surface area (Å²) in [6.45, 7) is 9.43. The number of imidazole rings is 1. The average molecular weight is 313 g/mol. The quantitative estimate of drug-likeness (QED) is 0.785. The van der Waals surface area contributed by atoms with E-state index in [1.807, 2.05) is 29.5 Å². The smallest absolute Gasteiger partial charge is 0.133 e. The summed E-state index contributed by atoms with van der Waals surface area (Å²) in [7, 11) is 0. The third-order valence-corrected chi connectivity index (χ3v) is 3.98. The van der Waals surface area contributed by atoms with Gasteiger partial charge in [-0.05, 0) is 12.5 Å². The van der Waals surface area contributed by atoms with Crippen LogP contribution in [0.3, 0.4) is 0 Å². The molecule has 1 N–H and O–H groups in total.